The zero-order valence-corrected chi connectivity index (χ0v) is 34.9. The number of aliphatic hydroxyl groups is 1. The van der Waals surface area contributed by atoms with Crippen molar-refractivity contribution in [3.63, 3.8) is 0 Å². The Balaban J connectivity index is 1.59. The average molecular weight is 788 g/mol. The number of carbonyl (C=O) groups is 4. The first-order valence-corrected chi connectivity index (χ1v) is 19.4. The molecule has 3 aromatic rings. The second-order valence-electron chi connectivity index (χ2n) is 16.8. The molecule has 1 aromatic heterocycles. The van der Waals surface area contributed by atoms with E-state index in [1.807, 2.05) is 109 Å². The van der Waals surface area contributed by atoms with Crippen LogP contribution in [-0.2, 0) is 33.7 Å². The van der Waals surface area contributed by atoms with Gasteiger partial charge in [-0.15, -0.1) is 0 Å². The summed E-state index contributed by atoms with van der Waals surface area (Å²) < 4.78 is 10.1. The van der Waals surface area contributed by atoms with Crippen molar-refractivity contribution in [3.05, 3.63) is 95.3 Å². The normalized spacial score (nSPS) is 15.5. The molecule has 0 aliphatic carbocycles. The first-order valence-electron chi connectivity index (χ1n) is 19.4. The van der Waals surface area contributed by atoms with Gasteiger partial charge in [0, 0.05) is 50.5 Å². The maximum absolute atomic E-state index is 14.5. The number of methoxy groups -OCH3 is 2. The van der Waals surface area contributed by atoms with Crippen LogP contribution in [0.3, 0.4) is 0 Å². The molecule has 4 N–H and O–H groups in total. The molecule has 0 radical (unpaired) electrons. The molecule has 14 heteroatoms. The molecule has 1 aliphatic rings. The minimum absolute atomic E-state index is 0.103. The quantitative estimate of drug-likeness (QED) is 0.144. The number of aromatic nitrogens is 1. The molecule has 1 saturated heterocycles. The van der Waals surface area contributed by atoms with Gasteiger partial charge in [0.2, 0.25) is 5.91 Å². The van der Waals surface area contributed by atoms with E-state index in [1.54, 1.807) is 34.1 Å². The van der Waals surface area contributed by atoms with Crippen molar-refractivity contribution in [2.45, 2.75) is 92.1 Å². The summed E-state index contributed by atoms with van der Waals surface area (Å²) in [5, 5.41) is 19.4. The number of aryl methyl sites for hydroxylation is 1. The van der Waals surface area contributed by atoms with E-state index < -0.39 is 47.1 Å². The van der Waals surface area contributed by atoms with E-state index in [9.17, 15) is 24.3 Å². The van der Waals surface area contributed by atoms with Gasteiger partial charge < -0.3 is 35.0 Å². The summed E-state index contributed by atoms with van der Waals surface area (Å²) in [5.74, 6) is -0.245. The van der Waals surface area contributed by atoms with Crippen molar-refractivity contribution in [2.24, 2.45) is 10.8 Å². The molecule has 4 rings (SSSR count). The number of benzene rings is 2. The number of ether oxygens (including phenoxy) is 2. The summed E-state index contributed by atoms with van der Waals surface area (Å²) in [6.07, 6.45) is -1.10. The number of hydrazine groups is 1. The number of aliphatic hydroxyl groups excluding tert-OH is 1. The lowest BCUT2D eigenvalue weighted by Crippen LogP contribution is -2.61. The molecule has 1 aliphatic heterocycles. The zero-order chi connectivity index (χ0) is 41.9. The van der Waals surface area contributed by atoms with E-state index >= 15 is 0 Å². The topological polar surface area (TPSA) is 166 Å². The van der Waals surface area contributed by atoms with Crippen molar-refractivity contribution in [1.29, 1.82) is 0 Å². The Morgan fingerprint density at radius 3 is 2.14 bits per heavy atom. The van der Waals surface area contributed by atoms with Crippen LogP contribution < -0.4 is 20.8 Å². The van der Waals surface area contributed by atoms with Gasteiger partial charge in [-0.1, -0.05) is 90.1 Å². The molecule has 1 fully saturated rings. The highest BCUT2D eigenvalue weighted by molar-refractivity contribution is 5.89. The van der Waals surface area contributed by atoms with Crippen molar-refractivity contribution >= 4 is 23.9 Å². The highest BCUT2D eigenvalue weighted by Crippen LogP contribution is 2.29. The summed E-state index contributed by atoms with van der Waals surface area (Å²) in [5.41, 5.74) is 5.06. The largest absolute Gasteiger partial charge is 0.497 e. The van der Waals surface area contributed by atoms with Crippen LogP contribution in [0, 0.1) is 17.8 Å². The molecular formula is C43H61N7O7. The number of nitrogens with zero attached hydrogens (tertiary/aromatic N) is 4. The summed E-state index contributed by atoms with van der Waals surface area (Å²) in [6, 6.07) is 19.8. The summed E-state index contributed by atoms with van der Waals surface area (Å²) >= 11 is 0. The monoisotopic (exact) mass is 787 g/mol. The van der Waals surface area contributed by atoms with Crippen LogP contribution in [0.5, 0.6) is 5.75 Å². The maximum Gasteiger partial charge on any atom is 0.407 e. The lowest BCUT2D eigenvalue weighted by atomic mass is 9.84. The van der Waals surface area contributed by atoms with Crippen LogP contribution in [-0.4, -0.2) is 113 Å². The standard InChI is InChI=1S/C43H61N7O7/c1-29-14-13-17-32(44-29)22-23-48-24-25-50(41(48)55)37(43(5,6)7)39(53)45-34(26-30-15-11-10-12-16-30)35(51)28-49(27-31-18-20-33(56-8)21-19-31)47-38(52)36(42(2,3)4)46-40(54)57-9/h10-21,34-37,51H,22-28H2,1-9H3,(H,45,53)(H,46,54)(H,47,52). The third-order valence-electron chi connectivity index (χ3n) is 9.97. The van der Waals surface area contributed by atoms with Crippen LogP contribution in [0.1, 0.15) is 64.1 Å². The number of alkyl carbamates (subject to hydrolysis) is 1. The summed E-state index contributed by atoms with van der Waals surface area (Å²) in [6.45, 7) is 14.5. The predicted octanol–water partition coefficient (Wildman–Crippen LogP) is 4.49. The van der Waals surface area contributed by atoms with Gasteiger partial charge in [0.25, 0.3) is 5.91 Å². The molecule has 2 aromatic carbocycles. The Bertz CT molecular complexity index is 1790. The van der Waals surface area contributed by atoms with Crippen LogP contribution in [0.15, 0.2) is 72.8 Å². The average Bonchev–Trinajstić information content (AvgIpc) is 3.50. The Morgan fingerprint density at radius 1 is 0.860 bits per heavy atom. The molecule has 2 heterocycles. The van der Waals surface area contributed by atoms with E-state index in [1.165, 1.54) is 7.11 Å². The smallest absolute Gasteiger partial charge is 0.407 e. The number of pyridine rings is 1. The van der Waals surface area contributed by atoms with Crippen LogP contribution >= 0.6 is 0 Å². The highest BCUT2D eigenvalue weighted by Gasteiger charge is 2.44. The number of amides is 5. The molecular weight excluding hydrogens is 727 g/mol. The third kappa shape index (κ3) is 12.9. The molecule has 0 spiro atoms. The first-order chi connectivity index (χ1) is 26.9. The van der Waals surface area contributed by atoms with Gasteiger partial charge in [-0.25, -0.2) is 14.6 Å². The highest BCUT2D eigenvalue weighted by atomic mass is 16.5. The van der Waals surface area contributed by atoms with Gasteiger partial charge in [0.15, 0.2) is 0 Å². The van der Waals surface area contributed by atoms with Crippen LogP contribution in [0.25, 0.3) is 0 Å². The minimum Gasteiger partial charge on any atom is -0.497 e. The van der Waals surface area contributed by atoms with Gasteiger partial charge in [0.1, 0.15) is 17.8 Å². The molecule has 310 valence electrons. The maximum atomic E-state index is 14.5. The van der Waals surface area contributed by atoms with E-state index in [2.05, 4.69) is 21.0 Å². The SMILES string of the molecule is COC(=O)NC(C(=O)NN(Cc1ccc(OC)cc1)CC(O)C(Cc1ccccc1)NC(=O)C(N1CCN(CCc2cccc(C)n2)C1=O)C(C)(C)C)C(C)(C)C. The molecule has 57 heavy (non-hydrogen) atoms. The Morgan fingerprint density at radius 2 is 1.54 bits per heavy atom. The Kier molecular flexibility index (Phi) is 15.4. The fourth-order valence-corrected chi connectivity index (χ4v) is 6.98. The lowest BCUT2D eigenvalue weighted by Gasteiger charge is -2.38. The van der Waals surface area contributed by atoms with E-state index in [0.717, 1.165) is 22.5 Å². The fraction of sp³-hybridized carbons (Fsp3) is 0.512. The molecule has 14 nitrogen and oxygen atoms in total. The summed E-state index contributed by atoms with van der Waals surface area (Å²) in [7, 11) is 2.80. The molecule has 0 saturated carbocycles. The Labute approximate surface area is 337 Å². The van der Waals surface area contributed by atoms with Crippen LogP contribution in [0.2, 0.25) is 0 Å². The van der Waals surface area contributed by atoms with Crippen LogP contribution in [0.4, 0.5) is 9.59 Å². The molecule has 4 atom stereocenters. The van der Waals surface area contributed by atoms with E-state index in [-0.39, 0.29) is 31.4 Å². The second-order valence-corrected chi connectivity index (χ2v) is 16.8. The zero-order valence-electron chi connectivity index (χ0n) is 34.9. The fourth-order valence-electron chi connectivity index (χ4n) is 6.98. The van der Waals surface area contributed by atoms with Crippen molar-refractivity contribution < 1.29 is 33.8 Å². The first kappa shape index (κ1) is 44.5. The molecule has 0 bridgehead atoms. The predicted molar refractivity (Wildman–Crippen MR) is 218 cm³/mol. The lowest BCUT2D eigenvalue weighted by molar-refractivity contribution is -0.133. The van der Waals surface area contributed by atoms with E-state index in [4.69, 9.17) is 9.47 Å². The van der Waals surface area contributed by atoms with Crippen molar-refractivity contribution in [1.82, 2.24) is 35.9 Å². The number of nitrogens with one attached hydrogen (secondary N) is 3. The van der Waals surface area contributed by atoms with Gasteiger partial charge in [0.05, 0.1) is 26.4 Å². The molecule has 4 unspecified atom stereocenters. The van der Waals surface area contributed by atoms with Gasteiger partial charge in [-0.05, 0) is 59.6 Å². The van der Waals surface area contributed by atoms with Crippen molar-refractivity contribution in [3.8, 4) is 5.75 Å². The number of hydrogen-bond acceptors (Lipinski definition) is 9. The Hall–Kier alpha value is -5.21. The summed E-state index contributed by atoms with van der Waals surface area (Å²) in [4.78, 5) is 62.5. The van der Waals surface area contributed by atoms with Gasteiger partial charge >= 0.3 is 12.1 Å². The van der Waals surface area contributed by atoms with E-state index in [0.29, 0.717) is 31.8 Å². The number of carbonyl (C=O) groups excluding carboxylic acids is 4. The van der Waals surface area contributed by atoms with Gasteiger partial charge in [-0.2, -0.15) is 0 Å². The number of urea groups is 1. The third-order valence-corrected chi connectivity index (χ3v) is 9.97. The van der Waals surface area contributed by atoms with Crippen molar-refractivity contribution in [2.75, 3.05) is 40.4 Å². The number of rotatable bonds is 17. The number of hydrogen-bond donors (Lipinski definition) is 4. The van der Waals surface area contributed by atoms with Gasteiger partial charge in [-0.3, -0.25) is 20.0 Å². The minimum atomic E-state index is -1.21. The second kappa shape index (κ2) is 19.8. The molecule has 5 amide bonds.